The standard InChI is InChI=1S/C40H36N4O4S2/c1-5-9-11-21(7-3)43-37(45)25-15-13-23-31-24(14-16-26(32(25)31)38(43)46)35-30(42-20-50)18-28-33-27(17-29(41-19-49)34(23)36(33)35)39(47)44(40(28)48)22(8-4)12-10-6-2/h13-18,21-22H,5-12H2,1-4H3. The van der Waals surface area contributed by atoms with E-state index in [9.17, 15) is 19.2 Å². The molecule has 0 radical (unpaired) electrons. The van der Waals surface area contributed by atoms with Crippen LogP contribution in [0.5, 0.6) is 0 Å². The number of benzene rings is 5. The molecule has 0 spiro atoms. The summed E-state index contributed by atoms with van der Waals surface area (Å²) in [4.78, 5) is 69.0. The second kappa shape index (κ2) is 13.2. The van der Waals surface area contributed by atoms with Crippen molar-refractivity contribution in [3.05, 3.63) is 58.7 Å². The van der Waals surface area contributed by atoms with Crippen LogP contribution in [0.25, 0.3) is 43.1 Å². The highest BCUT2D eigenvalue weighted by atomic mass is 32.1. The summed E-state index contributed by atoms with van der Waals surface area (Å²) >= 11 is 10.2. The third-order valence-electron chi connectivity index (χ3n) is 10.6. The van der Waals surface area contributed by atoms with E-state index in [-0.39, 0.29) is 35.7 Å². The first-order valence-corrected chi connectivity index (χ1v) is 18.3. The largest absolute Gasteiger partial charge is 0.271 e. The van der Waals surface area contributed by atoms with Crippen molar-refractivity contribution < 1.29 is 19.2 Å². The molecule has 4 amide bonds. The van der Waals surface area contributed by atoms with Gasteiger partial charge in [-0.15, -0.1) is 0 Å². The molecule has 0 N–H and O–H groups in total. The molecule has 2 heterocycles. The summed E-state index contributed by atoms with van der Waals surface area (Å²) in [6.07, 6.45) is 6.41. The number of aliphatic imine (C=N–C) groups is 2. The lowest BCUT2D eigenvalue weighted by Crippen LogP contribution is -2.47. The molecule has 0 aromatic heterocycles. The fourth-order valence-electron chi connectivity index (χ4n) is 8.31. The summed E-state index contributed by atoms with van der Waals surface area (Å²) in [5.41, 5.74) is 2.39. The van der Waals surface area contributed by atoms with E-state index < -0.39 is 0 Å². The van der Waals surface area contributed by atoms with E-state index in [1.165, 1.54) is 9.80 Å². The van der Waals surface area contributed by atoms with Crippen LogP contribution in [0.2, 0.25) is 0 Å². The minimum absolute atomic E-state index is 0.210. The summed E-state index contributed by atoms with van der Waals surface area (Å²) < 4.78 is 0. The van der Waals surface area contributed by atoms with E-state index in [0.29, 0.717) is 96.0 Å². The number of carbonyl (C=O) groups excluding carboxylic acids is 4. The predicted molar refractivity (Wildman–Crippen MR) is 205 cm³/mol. The Morgan fingerprint density at radius 1 is 0.560 bits per heavy atom. The fraction of sp³-hybridized carbons (Fsp3) is 0.350. The van der Waals surface area contributed by atoms with Crippen molar-refractivity contribution >= 4 is 113 Å². The van der Waals surface area contributed by atoms with Gasteiger partial charge in [-0.3, -0.25) is 29.0 Å². The molecule has 2 aliphatic rings. The maximum atomic E-state index is 14.4. The van der Waals surface area contributed by atoms with Gasteiger partial charge >= 0.3 is 0 Å². The Morgan fingerprint density at radius 2 is 0.960 bits per heavy atom. The smallest absolute Gasteiger partial charge is 0.261 e. The quantitative estimate of drug-likeness (QED) is 0.0422. The van der Waals surface area contributed by atoms with Crippen molar-refractivity contribution in [2.24, 2.45) is 9.98 Å². The van der Waals surface area contributed by atoms with Crippen LogP contribution in [0.1, 0.15) is 120 Å². The van der Waals surface area contributed by atoms with Gasteiger partial charge in [0.2, 0.25) is 0 Å². The highest BCUT2D eigenvalue weighted by Gasteiger charge is 2.41. The molecule has 5 aromatic rings. The first kappa shape index (κ1) is 33.8. The summed E-state index contributed by atoms with van der Waals surface area (Å²) in [7, 11) is 0. The number of unbranched alkanes of at least 4 members (excludes halogenated alkanes) is 2. The molecule has 2 atom stereocenters. The van der Waals surface area contributed by atoms with E-state index in [1.807, 2.05) is 26.0 Å². The minimum atomic E-state index is -0.379. The molecule has 2 unspecified atom stereocenters. The van der Waals surface area contributed by atoms with Gasteiger partial charge in [-0.2, -0.15) is 9.98 Å². The van der Waals surface area contributed by atoms with Gasteiger partial charge in [0, 0.05) is 50.1 Å². The monoisotopic (exact) mass is 700 g/mol. The van der Waals surface area contributed by atoms with E-state index in [2.05, 4.69) is 34.2 Å². The van der Waals surface area contributed by atoms with Crippen molar-refractivity contribution in [1.29, 1.82) is 0 Å². The summed E-state index contributed by atoms with van der Waals surface area (Å²) in [5.74, 6) is -1.39. The lowest BCUT2D eigenvalue weighted by molar-refractivity contribution is 0.0508. The Labute approximate surface area is 300 Å². The molecular formula is C40H36N4O4S2. The molecule has 2 aliphatic heterocycles. The molecule has 0 saturated heterocycles. The molecule has 0 fully saturated rings. The van der Waals surface area contributed by atoms with Crippen LogP contribution in [-0.2, 0) is 0 Å². The molecule has 252 valence electrons. The van der Waals surface area contributed by atoms with E-state index in [4.69, 9.17) is 24.4 Å². The molecule has 0 saturated carbocycles. The number of carbonyl (C=O) groups is 4. The van der Waals surface area contributed by atoms with E-state index in [0.717, 1.165) is 32.1 Å². The Bertz CT molecular complexity index is 2260. The third-order valence-corrected chi connectivity index (χ3v) is 10.8. The first-order chi connectivity index (χ1) is 24.3. The summed E-state index contributed by atoms with van der Waals surface area (Å²) in [6, 6.07) is 10.2. The number of hydrogen-bond donors (Lipinski definition) is 0. The molecule has 0 bridgehead atoms. The average molecular weight is 701 g/mol. The van der Waals surface area contributed by atoms with Gasteiger partial charge in [0.1, 0.15) is 0 Å². The minimum Gasteiger partial charge on any atom is -0.271 e. The lowest BCUT2D eigenvalue weighted by Gasteiger charge is -2.35. The molecule has 50 heavy (non-hydrogen) atoms. The third kappa shape index (κ3) is 4.78. The molecule has 8 nitrogen and oxygen atoms in total. The van der Waals surface area contributed by atoms with Crippen LogP contribution in [-0.4, -0.2) is 55.8 Å². The van der Waals surface area contributed by atoms with Crippen LogP contribution in [0.3, 0.4) is 0 Å². The molecule has 5 aromatic carbocycles. The number of amides is 4. The number of hydrogen-bond acceptors (Lipinski definition) is 8. The van der Waals surface area contributed by atoms with Crippen molar-refractivity contribution in [2.75, 3.05) is 0 Å². The normalized spacial score (nSPS) is 15.4. The Kier molecular flexibility index (Phi) is 8.91. The van der Waals surface area contributed by atoms with Gasteiger partial charge in [0.25, 0.3) is 23.6 Å². The highest BCUT2D eigenvalue weighted by molar-refractivity contribution is 7.78. The zero-order valence-corrected chi connectivity index (χ0v) is 30.1. The average Bonchev–Trinajstić information content (AvgIpc) is 3.12. The zero-order valence-electron chi connectivity index (χ0n) is 28.5. The highest BCUT2D eigenvalue weighted by Crippen LogP contribution is 2.52. The fourth-order valence-corrected chi connectivity index (χ4v) is 8.51. The van der Waals surface area contributed by atoms with Crippen LogP contribution >= 0.6 is 24.4 Å². The van der Waals surface area contributed by atoms with Gasteiger partial charge < -0.3 is 0 Å². The topological polar surface area (TPSA) is 99.5 Å². The Hall–Kier alpha value is -4.72. The zero-order chi connectivity index (χ0) is 35.4. The van der Waals surface area contributed by atoms with Crippen LogP contribution in [0.4, 0.5) is 11.4 Å². The van der Waals surface area contributed by atoms with Crippen molar-refractivity contribution in [3.63, 3.8) is 0 Å². The van der Waals surface area contributed by atoms with Crippen LogP contribution in [0.15, 0.2) is 46.4 Å². The van der Waals surface area contributed by atoms with Gasteiger partial charge in [-0.1, -0.05) is 65.5 Å². The van der Waals surface area contributed by atoms with E-state index >= 15 is 0 Å². The van der Waals surface area contributed by atoms with Gasteiger partial charge in [0.15, 0.2) is 0 Å². The van der Waals surface area contributed by atoms with E-state index in [1.54, 1.807) is 24.3 Å². The molecule has 7 rings (SSSR count). The number of thiocarbonyl (C=S) groups is 2. The van der Waals surface area contributed by atoms with Crippen molar-refractivity contribution in [2.45, 2.75) is 91.1 Å². The van der Waals surface area contributed by atoms with Crippen LogP contribution < -0.4 is 0 Å². The van der Waals surface area contributed by atoms with Gasteiger partial charge in [-0.25, -0.2) is 0 Å². The van der Waals surface area contributed by atoms with Crippen LogP contribution in [0, 0.1) is 0 Å². The SMILES string of the molecule is CCCCC(CC)N1C(=O)c2ccc3c4c(N=C=S)cc5c6c(cc(N=C=S)c(c7ccc(c2c37)C1=O)c64)C(=O)N(C(CC)CCCC)C5=O. The van der Waals surface area contributed by atoms with Crippen molar-refractivity contribution in [1.82, 2.24) is 9.80 Å². The second-order valence-corrected chi connectivity index (χ2v) is 13.6. The molecular weight excluding hydrogens is 665 g/mol. The molecule has 0 aliphatic carbocycles. The number of fused-ring (bicyclic) bond motifs is 2. The number of isothiocyanates is 2. The second-order valence-electron chi connectivity index (χ2n) is 13.2. The summed E-state index contributed by atoms with van der Waals surface area (Å²) in [5, 5.41) is 10.0. The predicted octanol–water partition coefficient (Wildman–Crippen LogP) is 10.3. The number of imide groups is 2. The Morgan fingerprint density at radius 3 is 1.34 bits per heavy atom. The maximum absolute atomic E-state index is 14.4. The van der Waals surface area contributed by atoms with Crippen molar-refractivity contribution in [3.8, 4) is 0 Å². The maximum Gasteiger partial charge on any atom is 0.261 e. The first-order valence-electron chi connectivity index (χ1n) is 17.5. The van der Waals surface area contributed by atoms with Gasteiger partial charge in [0.05, 0.1) is 32.8 Å². The van der Waals surface area contributed by atoms with Gasteiger partial charge in [-0.05, 0) is 90.5 Å². The summed E-state index contributed by atoms with van der Waals surface area (Å²) in [6.45, 7) is 8.17. The number of rotatable bonds is 12. The lowest BCUT2D eigenvalue weighted by atomic mass is 9.80. The number of nitrogens with zero attached hydrogens (tertiary/aromatic N) is 4. The Balaban J connectivity index is 1.61. The molecule has 10 heteroatoms.